The van der Waals surface area contributed by atoms with Crippen molar-refractivity contribution in [2.45, 2.75) is 10.7 Å². The van der Waals surface area contributed by atoms with E-state index in [4.69, 9.17) is 23.2 Å². The van der Waals surface area contributed by atoms with E-state index in [2.05, 4.69) is 5.32 Å². The Labute approximate surface area is 158 Å². The highest BCUT2D eigenvalue weighted by Gasteiger charge is 2.20. The Bertz CT molecular complexity index is 848. The van der Waals surface area contributed by atoms with Crippen molar-refractivity contribution in [1.82, 2.24) is 5.32 Å². The van der Waals surface area contributed by atoms with Gasteiger partial charge in [-0.2, -0.15) is 8.78 Å². The number of benzene rings is 2. The second-order valence-corrected chi connectivity index (χ2v) is 6.41. The fraction of sp³-hybridized carbons (Fsp3) is 0.0667. The monoisotopic (exact) mass is 426 g/mol. The van der Waals surface area contributed by atoms with Gasteiger partial charge in [0.05, 0.1) is 15.7 Å². The van der Waals surface area contributed by atoms with Crippen molar-refractivity contribution in [2.24, 2.45) is 0 Å². The van der Waals surface area contributed by atoms with Crippen LogP contribution in [0.2, 0.25) is 10.0 Å². The number of nitrogens with one attached hydrogen (secondary N) is 2. The molecule has 0 saturated heterocycles. The summed E-state index contributed by atoms with van der Waals surface area (Å²) >= 11 is 11.9. The average molecular weight is 427 g/mol. The quantitative estimate of drug-likeness (QED) is 0.497. The van der Waals surface area contributed by atoms with Gasteiger partial charge >= 0.3 is 6.03 Å². The van der Waals surface area contributed by atoms with E-state index < -0.39 is 34.9 Å². The molecule has 0 fully saturated rings. The molecule has 0 radical (unpaired) electrons. The van der Waals surface area contributed by atoms with Crippen LogP contribution in [0.25, 0.3) is 0 Å². The van der Waals surface area contributed by atoms with Crippen LogP contribution in [-0.2, 0) is 0 Å². The maximum absolute atomic E-state index is 13.5. The highest BCUT2D eigenvalue weighted by Crippen LogP contribution is 2.39. The van der Waals surface area contributed by atoms with Crippen LogP contribution in [0.1, 0.15) is 10.4 Å². The van der Waals surface area contributed by atoms with Gasteiger partial charge in [-0.3, -0.25) is 10.1 Å². The van der Waals surface area contributed by atoms with Crippen molar-refractivity contribution < 1.29 is 27.2 Å². The standard InChI is InChI=1S/C15H8Cl2F4N2O2S/c16-11-8(4-5-9(12(11)17)26-14(20)21)22-15(25)23-13(24)10-6(18)2-1-3-7(10)19/h1-5,14H,(H2,22,23,24,25). The number of amides is 3. The molecular formula is C15H8Cl2F4N2O2S. The normalized spacial score (nSPS) is 10.7. The van der Waals surface area contributed by atoms with Gasteiger partial charge in [0.1, 0.15) is 17.2 Å². The lowest BCUT2D eigenvalue weighted by atomic mass is 10.2. The molecule has 2 aromatic rings. The van der Waals surface area contributed by atoms with Crippen molar-refractivity contribution in [3.63, 3.8) is 0 Å². The first-order chi connectivity index (χ1) is 12.2. The smallest absolute Gasteiger partial charge is 0.306 e. The molecule has 0 unspecified atom stereocenters. The number of hydrogen-bond acceptors (Lipinski definition) is 3. The van der Waals surface area contributed by atoms with Crippen LogP contribution >= 0.6 is 35.0 Å². The highest BCUT2D eigenvalue weighted by molar-refractivity contribution is 7.99. The summed E-state index contributed by atoms with van der Waals surface area (Å²) in [5.74, 6) is -6.33. The zero-order chi connectivity index (χ0) is 19.4. The second-order valence-electron chi connectivity index (χ2n) is 4.62. The lowest BCUT2D eigenvalue weighted by molar-refractivity contribution is 0.0959. The minimum absolute atomic E-state index is 0.0119. The minimum atomic E-state index is -2.72. The summed E-state index contributed by atoms with van der Waals surface area (Å²) in [6.07, 6.45) is 0. The fourth-order valence-corrected chi connectivity index (χ4v) is 2.96. The first-order valence-electron chi connectivity index (χ1n) is 6.70. The molecule has 2 aromatic carbocycles. The Morgan fingerprint density at radius 1 is 1.00 bits per heavy atom. The second kappa shape index (κ2) is 8.61. The highest BCUT2D eigenvalue weighted by atomic mass is 35.5. The van der Waals surface area contributed by atoms with Gasteiger partial charge in [-0.15, -0.1) is 0 Å². The Balaban J connectivity index is 2.13. The Morgan fingerprint density at radius 2 is 1.62 bits per heavy atom. The van der Waals surface area contributed by atoms with Crippen LogP contribution in [0.15, 0.2) is 35.2 Å². The number of hydrogen-bond donors (Lipinski definition) is 2. The number of alkyl halides is 2. The van der Waals surface area contributed by atoms with E-state index in [1.165, 1.54) is 12.1 Å². The van der Waals surface area contributed by atoms with E-state index in [1.54, 1.807) is 5.32 Å². The number of urea groups is 1. The molecule has 0 aliphatic carbocycles. The van der Waals surface area contributed by atoms with Gasteiger partial charge in [0.2, 0.25) is 0 Å². The Morgan fingerprint density at radius 3 is 2.19 bits per heavy atom. The summed E-state index contributed by atoms with van der Waals surface area (Å²) in [5, 5.41) is 3.41. The zero-order valence-electron chi connectivity index (χ0n) is 12.5. The van der Waals surface area contributed by atoms with Crippen LogP contribution in [-0.4, -0.2) is 17.7 Å². The molecule has 2 N–H and O–H groups in total. The minimum Gasteiger partial charge on any atom is -0.306 e. The van der Waals surface area contributed by atoms with E-state index in [1.807, 2.05) is 0 Å². The summed E-state index contributed by atoms with van der Waals surface area (Å²) in [7, 11) is 0. The lowest BCUT2D eigenvalue weighted by Gasteiger charge is -2.12. The number of anilines is 1. The van der Waals surface area contributed by atoms with Gasteiger partial charge in [0.15, 0.2) is 0 Å². The predicted octanol–water partition coefficient (Wildman–Crippen LogP) is 5.55. The number of halogens is 6. The van der Waals surface area contributed by atoms with Gasteiger partial charge in [0.25, 0.3) is 11.7 Å². The topological polar surface area (TPSA) is 58.2 Å². The van der Waals surface area contributed by atoms with Gasteiger partial charge in [-0.25, -0.2) is 13.6 Å². The fourth-order valence-electron chi connectivity index (χ4n) is 1.85. The van der Waals surface area contributed by atoms with E-state index in [0.717, 1.165) is 18.2 Å². The van der Waals surface area contributed by atoms with E-state index >= 15 is 0 Å². The molecule has 3 amide bonds. The van der Waals surface area contributed by atoms with E-state index in [-0.39, 0.29) is 32.4 Å². The molecule has 0 bridgehead atoms. The predicted molar refractivity (Wildman–Crippen MR) is 91.2 cm³/mol. The van der Waals surface area contributed by atoms with Crippen LogP contribution in [0.5, 0.6) is 0 Å². The number of carbonyl (C=O) groups is 2. The van der Waals surface area contributed by atoms with Crippen molar-refractivity contribution in [2.75, 3.05) is 5.32 Å². The van der Waals surface area contributed by atoms with Crippen LogP contribution in [0.4, 0.5) is 28.0 Å². The van der Waals surface area contributed by atoms with E-state index in [0.29, 0.717) is 0 Å². The van der Waals surface area contributed by atoms with Gasteiger partial charge in [-0.1, -0.05) is 41.0 Å². The van der Waals surface area contributed by atoms with Crippen molar-refractivity contribution >= 4 is 52.6 Å². The molecule has 0 atom stereocenters. The first kappa shape index (κ1) is 20.3. The zero-order valence-corrected chi connectivity index (χ0v) is 14.8. The summed E-state index contributed by atoms with van der Waals surface area (Å²) < 4.78 is 51.8. The number of thioether (sulfide) groups is 1. The van der Waals surface area contributed by atoms with Crippen molar-refractivity contribution in [1.29, 1.82) is 0 Å². The molecule has 26 heavy (non-hydrogen) atoms. The molecule has 11 heteroatoms. The summed E-state index contributed by atoms with van der Waals surface area (Å²) in [4.78, 5) is 23.6. The SMILES string of the molecule is O=C(NC(=O)c1c(F)cccc1F)Nc1ccc(SC(F)F)c(Cl)c1Cl. The maximum atomic E-state index is 13.5. The number of rotatable bonds is 4. The van der Waals surface area contributed by atoms with Crippen molar-refractivity contribution in [3.05, 3.63) is 57.6 Å². The average Bonchev–Trinajstić information content (AvgIpc) is 2.54. The molecule has 138 valence electrons. The molecular weight excluding hydrogens is 419 g/mol. The summed E-state index contributed by atoms with van der Waals surface area (Å²) in [6.45, 7) is 0. The molecule has 0 aromatic heterocycles. The van der Waals surface area contributed by atoms with Crippen LogP contribution < -0.4 is 10.6 Å². The third kappa shape index (κ3) is 4.80. The van der Waals surface area contributed by atoms with Crippen molar-refractivity contribution in [3.8, 4) is 0 Å². The molecule has 0 saturated carbocycles. The van der Waals surface area contributed by atoms with E-state index in [9.17, 15) is 27.2 Å². The molecule has 4 nitrogen and oxygen atoms in total. The molecule has 0 aliphatic heterocycles. The maximum Gasteiger partial charge on any atom is 0.326 e. The van der Waals surface area contributed by atoms with Crippen LogP contribution in [0.3, 0.4) is 0 Å². The Kier molecular flexibility index (Phi) is 6.74. The third-order valence-corrected chi connectivity index (χ3v) is 4.69. The summed E-state index contributed by atoms with van der Waals surface area (Å²) in [5.41, 5.74) is -1.02. The van der Waals surface area contributed by atoms with Crippen LogP contribution in [0, 0.1) is 11.6 Å². The molecule has 0 heterocycles. The molecule has 0 spiro atoms. The Hall–Kier alpha value is -1.97. The lowest BCUT2D eigenvalue weighted by Crippen LogP contribution is -2.35. The first-order valence-corrected chi connectivity index (χ1v) is 8.33. The third-order valence-electron chi connectivity index (χ3n) is 2.93. The molecule has 0 aliphatic rings. The molecule has 2 rings (SSSR count). The number of imide groups is 1. The van der Waals surface area contributed by atoms with Gasteiger partial charge in [0, 0.05) is 4.90 Å². The largest absolute Gasteiger partial charge is 0.326 e. The number of carbonyl (C=O) groups excluding carboxylic acids is 2. The summed E-state index contributed by atoms with van der Waals surface area (Å²) in [6, 6.07) is 4.00. The van der Waals surface area contributed by atoms with Gasteiger partial charge < -0.3 is 5.32 Å². The van der Waals surface area contributed by atoms with Gasteiger partial charge in [-0.05, 0) is 24.3 Å².